The van der Waals surface area contributed by atoms with Crippen LogP contribution >= 0.6 is 0 Å². The smallest absolute Gasteiger partial charge is 0.198 e. The van der Waals surface area contributed by atoms with Crippen molar-refractivity contribution in [3.05, 3.63) is 316 Å². The Bertz CT molecular complexity index is 5380. The van der Waals surface area contributed by atoms with Crippen LogP contribution in [0.2, 0.25) is 0 Å². The van der Waals surface area contributed by atoms with Crippen molar-refractivity contribution in [2.75, 3.05) is 0 Å². The van der Waals surface area contributed by atoms with Crippen LogP contribution in [0, 0.1) is 166 Å². The number of pyridine rings is 6. The van der Waals surface area contributed by atoms with E-state index in [-0.39, 0.29) is 0 Å². The molecule has 0 aliphatic carbocycles. The van der Waals surface area contributed by atoms with Gasteiger partial charge in [0, 0.05) is 150 Å². The van der Waals surface area contributed by atoms with E-state index in [1.165, 1.54) is 129 Å². The summed E-state index contributed by atoms with van der Waals surface area (Å²) in [5.41, 5.74) is 40.8. The first-order chi connectivity index (χ1) is 51.7. The van der Waals surface area contributed by atoms with Gasteiger partial charge in [-0.05, 0) is 229 Å². The molecule has 12 rings (SSSR count). The van der Waals surface area contributed by atoms with Crippen molar-refractivity contribution in [1.82, 2.24) is 0 Å². The van der Waals surface area contributed by atoms with Crippen molar-refractivity contribution in [2.24, 2.45) is 42.3 Å². The number of hydrogen-bond donors (Lipinski definition) is 0. The van der Waals surface area contributed by atoms with Crippen molar-refractivity contribution in [3.63, 3.8) is 0 Å². The average Bonchev–Trinajstić information content (AvgIpc) is 0.792. The number of nitrogens with zero attached hydrogens (tertiary/aromatic N) is 6. The third-order valence-corrected chi connectivity index (χ3v) is 21.1. The SMILES string of the molecule is Cc1ccc(C)c(-c2ccc(C)c(C)[n+]2C)c1.Cc1ccccc1-c1c(C)cc(C)c(C)[n+]1C.Cc1ccccc1-c1cc(C)c(C)c(C)[n+]1C.[2H]C([2H])([2H])c1c(C)cc(-c2ccccc2C)[n+](C)c1C.[2H]C([2H])([2H])c1cc(C)c(-c2ccccc2C)[n+](C)c1C.[2H]C([2H])([2H])c1ccc(-c2c(C)cccc2C)[n+](C)c1C. The summed E-state index contributed by atoms with van der Waals surface area (Å²) >= 11 is 0. The number of rotatable bonds is 6. The summed E-state index contributed by atoms with van der Waals surface area (Å²) in [6.07, 6.45) is 0. The quantitative estimate of drug-likeness (QED) is 0.148. The van der Waals surface area contributed by atoms with Crippen LogP contribution in [0.5, 0.6) is 0 Å². The van der Waals surface area contributed by atoms with Gasteiger partial charge in [-0.2, -0.15) is 27.4 Å². The van der Waals surface area contributed by atoms with Gasteiger partial charge in [-0.3, -0.25) is 0 Å². The molecule has 0 unspecified atom stereocenters. The van der Waals surface area contributed by atoms with E-state index in [9.17, 15) is 0 Å². The maximum atomic E-state index is 7.69. The Labute approximate surface area is 628 Å². The molecule has 0 saturated carbocycles. The van der Waals surface area contributed by atoms with Gasteiger partial charge in [0.1, 0.15) is 42.3 Å². The molecule has 6 aromatic carbocycles. The molecule has 12 aromatic rings. The third kappa shape index (κ3) is 18.1. The predicted molar refractivity (Wildman–Crippen MR) is 432 cm³/mol. The lowest BCUT2D eigenvalue weighted by molar-refractivity contribution is -0.667. The van der Waals surface area contributed by atoms with E-state index >= 15 is 0 Å². The normalized spacial score (nSPS) is 12.3. The van der Waals surface area contributed by atoms with Crippen molar-refractivity contribution in [2.45, 2.75) is 166 Å². The molecule has 6 nitrogen and oxygen atoms in total. The fourth-order valence-electron chi connectivity index (χ4n) is 13.4. The topological polar surface area (TPSA) is 23.3 Å². The summed E-state index contributed by atoms with van der Waals surface area (Å²) in [4.78, 5) is 0. The number of aryl methyl sites for hydroxylation is 16. The average molecular weight is 1370 g/mol. The Morgan fingerprint density at radius 2 is 0.549 bits per heavy atom. The molecule has 0 radical (unpaired) electrons. The van der Waals surface area contributed by atoms with Gasteiger partial charge in [-0.1, -0.05) is 109 Å². The molecule has 6 heteroatoms. The maximum Gasteiger partial charge on any atom is 0.215 e. The lowest BCUT2D eigenvalue weighted by atomic mass is 9.98. The van der Waals surface area contributed by atoms with Crippen molar-refractivity contribution in [1.29, 1.82) is 0 Å². The molecule has 0 aliphatic heterocycles. The summed E-state index contributed by atoms with van der Waals surface area (Å²) < 4.78 is 81.5. The minimum atomic E-state index is -2.07. The zero-order valence-electron chi connectivity index (χ0n) is 75.5. The molecular formula is C96H120N6+6. The predicted octanol–water partition coefficient (Wildman–Crippen LogP) is 20.5. The first-order valence-corrected chi connectivity index (χ1v) is 35.5. The van der Waals surface area contributed by atoms with Gasteiger partial charge in [0.15, 0.2) is 34.2 Å². The molecule has 0 fully saturated rings. The molecule has 0 spiro atoms. The molecule has 0 N–H and O–H groups in total. The fraction of sp³-hybridized carbons (Fsp3) is 0.312. The van der Waals surface area contributed by atoms with E-state index in [4.69, 9.17) is 12.3 Å². The molecule has 0 aliphatic rings. The van der Waals surface area contributed by atoms with E-state index in [0.29, 0.717) is 16.7 Å². The molecule has 0 bridgehead atoms. The van der Waals surface area contributed by atoms with Crippen LogP contribution in [0.15, 0.2) is 182 Å². The van der Waals surface area contributed by atoms with Crippen molar-refractivity contribution in [3.8, 4) is 67.5 Å². The van der Waals surface area contributed by atoms with Crippen LogP contribution in [0.25, 0.3) is 67.5 Å². The lowest BCUT2D eigenvalue weighted by Gasteiger charge is -2.10. The first kappa shape index (κ1) is 66.8. The van der Waals surface area contributed by atoms with Gasteiger partial charge in [-0.15, -0.1) is 0 Å². The fourth-order valence-corrected chi connectivity index (χ4v) is 13.4. The van der Waals surface area contributed by atoms with Crippen molar-refractivity contribution < 1.29 is 39.7 Å². The van der Waals surface area contributed by atoms with Gasteiger partial charge in [-0.25, -0.2) is 0 Å². The van der Waals surface area contributed by atoms with E-state index in [1.807, 2.05) is 112 Å². The second-order valence-corrected chi connectivity index (χ2v) is 28.1. The highest BCUT2D eigenvalue weighted by atomic mass is 15.0. The molecule has 528 valence electrons. The summed E-state index contributed by atoms with van der Waals surface area (Å²) in [5, 5.41) is 0. The molecule has 102 heavy (non-hydrogen) atoms. The lowest BCUT2D eigenvalue weighted by Crippen LogP contribution is -2.36. The molecule has 6 aromatic heterocycles. The van der Waals surface area contributed by atoms with E-state index < -0.39 is 20.6 Å². The summed E-state index contributed by atoms with van der Waals surface area (Å²) in [5.74, 6) is 0. The Morgan fingerprint density at radius 3 is 1.01 bits per heavy atom. The standard InChI is InChI=1S/6C16H20N/c1-11-6-7-13(3)15(10-11)16-9-8-12(2)14(4)17(16)5;1-11-9-10-15(17(5)14(11)4)16-12(2)7-6-8-13(16)3;2*1-11-8-6-7-9-15(11)16-10-12(2)13(3)14(4)17(16)5;2*1-11-8-6-7-9-15(11)16-13(3)10-12(2)14(4)17(16)5/h6*6-10H,1-5H3/q6*+1/i;1D3;3D3;;2D3;. The van der Waals surface area contributed by atoms with Gasteiger partial charge < -0.3 is 0 Å². The highest BCUT2D eigenvalue weighted by molar-refractivity contribution is 5.68. The highest BCUT2D eigenvalue weighted by Crippen LogP contribution is 2.30. The molecular weight excluding hydrogens is 1240 g/mol. The maximum absolute atomic E-state index is 7.69. The van der Waals surface area contributed by atoms with Crippen LogP contribution in [0.1, 0.15) is 147 Å². The number of aromatic nitrogens is 6. The Kier molecular flexibility index (Phi) is 22.7. The summed E-state index contributed by atoms with van der Waals surface area (Å²) in [6.45, 7) is 37.6. The zero-order chi connectivity index (χ0) is 83.0. The zero-order valence-corrected chi connectivity index (χ0v) is 66.5. The minimum absolute atomic E-state index is 0.412. The van der Waals surface area contributed by atoms with Gasteiger partial charge in [0.2, 0.25) is 34.2 Å². The van der Waals surface area contributed by atoms with Gasteiger partial charge in [0.05, 0.1) is 5.56 Å². The third-order valence-electron chi connectivity index (χ3n) is 21.1. The minimum Gasteiger partial charge on any atom is -0.198 e. The Hall–Kier alpha value is -9.78. The van der Waals surface area contributed by atoms with Crippen LogP contribution in [-0.4, -0.2) is 0 Å². The van der Waals surface area contributed by atoms with E-state index in [1.54, 1.807) is 12.1 Å². The number of hydrogen-bond acceptors (Lipinski definition) is 0. The van der Waals surface area contributed by atoms with Crippen LogP contribution < -0.4 is 27.4 Å². The molecule has 0 amide bonds. The Balaban J connectivity index is 0.000000185. The second-order valence-electron chi connectivity index (χ2n) is 28.1. The van der Waals surface area contributed by atoms with Crippen molar-refractivity contribution >= 4 is 0 Å². The van der Waals surface area contributed by atoms with Gasteiger partial charge >= 0.3 is 0 Å². The van der Waals surface area contributed by atoms with Crippen LogP contribution in [0.4, 0.5) is 0 Å². The number of benzene rings is 6. The molecule has 0 atom stereocenters. The molecule has 6 heterocycles. The largest absolute Gasteiger partial charge is 0.215 e. The summed E-state index contributed by atoms with van der Waals surface area (Å²) in [6, 6.07) is 62.6. The molecule has 0 saturated heterocycles. The van der Waals surface area contributed by atoms with Crippen LogP contribution in [-0.2, 0) is 42.3 Å². The monoisotopic (exact) mass is 1370 g/mol. The van der Waals surface area contributed by atoms with Crippen LogP contribution in [0.3, 0.4) is 0 Å². The van der Waals surface area contributed by atoms with E-state index in [2.05, 4.69) is 273 Å². The first-order valence-electron chi connectivity index (χ1n) is 40.0. The Morgan fingerprint density at radius 1 is 0.206 bits per heavy atom. The summed E-state index contributed by atoms with van der Waals surface area (Å²) in [7, 11) is 12.2. The second kappa shape index (κ2) is 34.7. The van der Waals surface area contributed by atoms with E-state index in [0.717, 1.165) is 56.4 Å². The van der Waals surface area contributed by atoms with Gasteiger partial charge in [0.25, 0.3) is 0 Å². The highest BCUT2D eigenvalue weighted by Gasteiger charge is 2.24.